The first-order valence-corrected chi connectivity index (χ1v) is 5.05. The highest BCUT2D eigenvalue weighted by atomic mass is 19.1. The van der Waals surface area contributed by atoms with Crippen molar-refractivity contribution in [2.75, 3.05) is 17.7 Å². The molecule has 0 saturated heterocycles. The fraction of sp³-hybridized carbons (Fsp3) is 0.167. The SMILES string of the molecule is CN(Cc1ccc[nH]1)c1ccc(F)cc1N. The van der Waals surface area contributed by atoms with Crippen molar-refractivity contribution in [3.63, 3.8) is 0 Å². The summed E-state index contributed by atoms with van der Waals surface area (Å²) in [5, 5.41) is 0. The van der Waals surface area contributed by atoms with E-state index in [2.05, 4.69) is 4.98 Å². The van der Waals surface area contributed by atoms with Gasteiger partial charge in [-0.2, -0.15) is 0 Å². The number of hydrogen-bond acceptors (Lipinski definition) is 2. The Labute approximate surface area is 93.7 Å². The lowest BCUT2D eigenvalue weighted by atomic mass is 10.2. The Hall–Kier alpha value is -1.97. The van der Waals surface area contributed by atoms with Gasteiger partial charge in [0.05, 0.1) is 17.9 Å². The zero-order chi connectivity index (χ0) is 11.5. The summed E-state index contributed by atoms with van der Waals surface area (Å²) in [6.07, 6.45) is 1.87. The Morgan fingerprint density at radius 1 is 1.38 bits per heavy atom. The summed E-state index contributed by atoms with van der Waals surface area (Å²) in [4.78, 5) is 5.08. The molecule has 0 fully saturated rings. The van der Waals surface area contributed by atoms with Gasteiger partial charge in [-0.25, -0.2) is 4.39 Å². The Morgan fingerprint density at radius 3 is 2.81 bits per heavy atom. The Balaban J connectivity index is 2.17. The van der Waals surface area contributed by atoms with Crippen LogP contribution in [0.1, 0.15) is 5.69 Å². The van der Waals surface area contributed by atoms with Gasteiger partial charge in [0, 0.05) is 18.9 Å². The third-order valence-corrected chi connectivity index (χ3v) is 2.47. The molecule has 1 heterocycles. The van der Waals surface area contributed by atoms with Crippen molar-refractivity contribution in [3.05, 3.63) is 48.0 Å². The number of anilines is 2. The maximum atomic E-state index is 12.9. The number of nitrogens with one attached hydrogen (secondary N) is 1. The number of H-pyrrole nitrogens is 1. The standard InChI is InChI=1S/C12H14FN3/c1-16(8-10-3-2-6-15-10)12-5-4-9(13)7-11(12)14/h2-7,15H,8,14H2,1H3. The van der Waals surface area contributed by atoms with E-state index in [1.807, 2.05) is 30.3 Å². The molecule has 0 radical (unpaired) electrons. The molecule has 0 spiro atoms. The van der Waals surface area contributed by atoms with Crippen LogP contribution in [0.15, 0.2) is 36.5 Å². The predicted molar refractivity (Wildman–Crippen MR) is 63.7 cm³/mol. The smallest absolute Gasteiger partial charge is 0.125 e. The average molecular weight is 219 g/mol. The number of nitrogens with two attached hydrogens (primary N) is 1. The molecule has 0 unspecified atom stereocenters. The highest BCUT2D eigenvalue weighted by Crippen LogP contribution is 2.23. The van der Waals surface area contributed by atoms with Crippen LogP contribution >= 0.6 is 0 Å². The Bertz CT molecular complexity index is 465. The van der Waals surface area contributed by atoms with Crippen LogP contribution in [-0.4, -0.2) is 12.0 Å². The second-order valence-electron chi connectivity index (χ2n) is 3.75. The molecule has 4 heteroatoms. The van der Waals surface area contributed by atoms with Crippen molar-refractivity contribution in [3.8, 4) is 0 Å². The van der Waals surface area contributed by atoms with Crippen LogP contribution in [0.25, 0.3) is 0 Å². The van der Waals surface area contributed by atoms with Crippen LogP contribution in [0.5, 0.6) is 0 Å². The zero-order valence-electron chi connectivity index (χ0n) is 9.07. The van der Waals surface area contributed by atoms with Gasteiger partial charge in [-0.15, -0.1) is 0 Å². The van der Waals surface area contributed by atoms with E-state index < -0.39 is 0 Å². The Morgan fingerprint density at radius 2 is 2.19 bits per heavy atom. The first kappa shape index (κ1) is 10.5. The van der Waals surface area contributed by atoms with Gasteiger partial charge in [-0.1, -0.05) is 0 Å². The Kier molecular flexibility index (Phi) is 2.81. The highest BCUT2D eigenvalue weighted by molar-refractivity contribution is 5.67. The van der Waals surface area contributed by atoms with Crippen LogP contribution in [0, 0.1) is 5.82 Å². The van der Waals surface area contributed by atoms with Crippen molar-refractivity contribution in [2.24, 2.45) is 0 Å². The minimum atomic E-state index is -0.311. The number of aromatic nitrogens is 1. The highest BCUT2D eigenvalue weighted by Gasteiger charge is 2.07. The number of rotatable bonds is 3. The van der Waals surface area contributed by atoms with E-state index in [0.717, 1.165) is 11.4 Å². The zero-order valence-corrected chi connectivity index (χ0v) is 9.07. The molecule has 2 rings (SSSR count). The molecule has 0 saturated carbocycles. The molecule has 2 aromatic rings. The fourth-order valence-electron chi connectivity index (χ4n) is 1.68. The summed E-state index contributed by atoms with van der Waals surface area (Å²) in [5.74, 6) is -0.311. The predicted octanol–water partition coefficient (Wildman–Crippen LogP) is 2.37. The monoisotopic (exact) mass is 219 g/mol. The number of nitrogens with zero attached hydrogens (tertiary/aromatic N) is 1. The van der Waals surface area contributed by atoms with Gasteiger partial charge in [0.25, 0.3) is 0 Å². The van der Waals surface area contributed by atoms with Crippen LogP contribution in [0.2, 0.25) is 0 Å². The lowest BCUT2D eigenvalue weighted by Crippen LogP contribution is -2.18. The van der Waals surface area contributed by atoms with Crippen LogP contribution in [0.4, 0.5) is 15.8 Å². The summed E-state index contributed by atoms with van der Waals surface area (Å²) >= 11 is 0. The van der Waals surface area contributed by atoms with E-state index in [4.69, 9.17) is 5.73 Å². The number of aromatic amines is 1. The summed E-state index contributed by atoms with van der Waals surface area (Å²) in [6, 6.07) is 8.37. The lowest BCUT2D eigenvalue weighted by molar-refractivity contribution is 0.628. The molecule has 3 nitrogen and oxygen atoms in total. The van der Waals surface area contributed by atoms with Gasteiger partial charge < -0.3 is 15.6 Å². The largest absolute Gasteiger partial charge is 0.397 e. The first-order chi connectivity index (χ1) is 7.66. The minimum Gasteiger partial charge on any atom is -0.397 e. The topological polar surface area (TPSA) is 45.0 Å². The van der Waals surface area contributed by atoms with Crippen molar-refractivity contribution < 1.29 is 4.39 Å². The third-order valence-electron chi connectivity index (χ3n) is 2.47. The van der Waals surface area contributed by atoms with E-state index in [0.29, 0.717) is 12.2 Å². The molecule has 0 aliphatic carbocycles. The average Bonchev–Trinajstić information content (AvgIpc) is 2.70. The van der Waals surface area contributed by atoms with Crippen molar-refractivity contribution in [1.29, 1.82) is 0 Å². The summed E-state index contributed by atoms with van der Waals surface area (Å²) in [7, 11) is 1.92. The fourth-order valence-corrected chi connectivity index (χ4v) is 1.68. The number of hydrogen-bond donors (Lipinski definition) is 2. The number of nitrogen functional groups attached to an aromatic ring is 1. The van der Waals surface area contributed by atoms with Gasteiger partial charge in [-0.05, 0) is 30.3 Å². The lowest BCUT2D eigenvalue weighted by Gasteiger charge is -2.20. The van der Waals surface area contributed by atoms with Crippen molar-refractivity contribution >= 4 is 11.4 Å². The van der Waals surface area contributed by atoms with Crippen LogP contribution in [-0.2, 0) is 6.54 Å². The van der Waals surface area contributed by atoms with Crippen molar-refractivity contribution in [2.45, 2.75) is 6.54 Å². The maximum absolute atomic E-state index is 12.9. The molecule has 0 bridgehead atoms. The van der Waals surface area contributed by atoms with E-state index >= 15 is 0 Å². The second-order valence-corrected chi connectivity index (χ2v) is 3.75. The van der Waals surface area contributed by atoms with E-state index in [1.165, 1.54) is 12.1 Å². The summed E-state index contributed by atoms with van der Waals surface area (Å²) in [5.41, 5.74) is 8.13. The molecule has 0 atom stereocenters. The van der Waals surface area contributed by atoms with E-state index in [-0.39, 0.29) is 5.82 Å². The molecule has 3 N–H and O–H groups in total. The molecule has 1 aromatic heterocycles. The quantitative estimate of drug-likeness (QED) is 0.778. The third kappa shape index (κ3) is 2.16. The molecule has 0 aliphatic rings. The molecule has 0 aliphatic heterocycles. The molecular formula is C12H14FN3. The molecule has 16 heavy (non-hydrogen) atoms. The van der Waals surface area contributed by atoms with Gasteiger partial charge in [0.1, 0.15) is 5.82 Å². The van der Waals surface area contributed by atoms with Gasteiger partial charge in [0.15, 0.2) is 0 Å². The van der Waals surface area contributed by atoms with Gasteiger partial charge in [0.2, 0.25) is 0 Å². The normalized spacial score (nSPS) is 10.4. The first-order valence-electron chi connectivity index (χ1n) is 5.05. The van der Waals surface area contributed by atoms with E-state index in [1.54, 1.807) is 6.07 Å². The summed E-state index contributed by atoms with van der Waals surface area (Å²) < 4.78 is 12.9. The molecule has 84 valence electrons. The number of halogens is 1. The second kappa shape index (κ2) is 4.26. The minimum absolute atomic E-state index is 0.311. The molecule has 0 amide bonds. The number of benzene rings is 1. The molecule has 1 aromatic carbocycles. The van der Waals surface area contributed by atoms with Gasteiger partial charge >= 0.3 is 0 Å². The summed E-state index contributed by atoms with van der Waals surface area (Å²) in [6.45, 7) is 0.711. The van der Waals surface area contributed by atoms with Crippen LogP contribution < -0.4 is 10.6 Å². The van der Waals surface area contributed by atoms with E-state index in [9.17, 15) is 4.39 Å². The molecular weight excluding hydrogens is 205 g/mol. The van der Waals surface area contributed by atoms with Crippen molar-refractivity contribution in [1.82, 2.24) is 4.98 Å². The van der Waals surface area contributed by atoms with Gasteiger partial charge in [-0.3, -0.25) is 0 Å². The van der Waals surface area contributed by atoms with Crippen LogP contribution in [0.3, 0.4) is 0 Å². The maximum Gasteiger partial charge on any atom is 0.125 e.